The van der Waals surface area contributed by atoms with E-state index >= 15 is 0 Å². The van der Waals surface area contributed by atoms with Crippen LogP contribution < -0.4 is 5.32 Å². The number of nitrogens with one attached hydrogen (secondary N) is 1. The molecule has 2 fully saturated rings. The van der Waals surface area contributed by atoms with E-state index in [1.165, 1.54) is 23.5 Å². The molecular formula is C18H17FN2O4S. The van der Waals surface area contributed by atoms with Crippen molar-refractivity contribution in [2.45, 2.75) is 32.0 Å². The molecule has 136 valence electrons. The van der Waals surface area contributed by atoms with Crippen LogP contribution >= 0.6 is 11.3 Å². The number of ether oxygens (including phenoxy) is 1. The smallest absolute Gasteiger partial charge is 0.310 e. The van der Waals surface area contributed by atoms with Gasteiger partial charge in [-0.05, 0) is 44.0 Å². The van der Waals surface area contributed by atoms with E-state index in [1.54, 1.807) is 12.1 Å². The van der Waals surface area contributed by atoms with Gasteiger partial charge in [0.05, 0.1) is 29.7 Å². The van der Waals surface area contributed by atoms with Crippen LogP contribution in [0.1, 0.15) is 17.7 Å². The number of halogens is 1. The Balaban J connectivity index is 1.54. The molecule has 1 aromatic heterocycles. The Bertz CT molecular complexity index is 867. The molecule has 0 saturated carbocycles. The average molecular weight is 376 g/mol. The third-order valence-corrected chi connectivity index (χ3v) is 5.89. The normalized spacial score (nSPS) is 26.8. The lowest BCUT2D eigenvalue weighted by molar-refractivity contribution is -0.147. The lowest BCUT2D eigenvalue weighted by Crippen LogP contribution is -2.40. The van der Waals surface area contributed by atoms with E-state index in [1.807, 2.05) is 6.92 Å². The Morgan fingerprint density at radius 3 is 2.54 bits per heavy atom. The van der Waals surface area contributed by atoms with Crippen molar-refractivity contribution in [3.8, 4) is 11.3 Å². The van der Waals surface area contributed by atoms with Crippen LogP contribution in [0.15, 0.2) is 24.3 Å². The lowest BCUT2D eigenvalue weighted by atomic mass is 9.79. The van der Waals surface area contributed by atoms with Crippen LogP contribution in [0.5, 0.6) is 0 Å². The molecule has 2 aliphatic rings. The standard InChI is InChI=1S/C18H17FN2O4S/c1-8-15(9-2-4-10(19)5-3-9)20-18(26-8)21-16(22)13-11-6-7-12(25-11)14(13)17(23)24/h2-5,11-14H,6-7H2,1H3,(H,23,24)(H,20,21,22). The molecule has 4 atom stereocenters. The summed E-state index contributed by atoms with van der Waals surface area (Å²) in [6.45, 7) is 1.87. The zero-order valence-electron chi connectivity index (χ0n) is 13.9. The molecular weight excluding hydrogens is 359 g/mol. The van der Waals surface area contributed by atoms with Gasteiger partial charge >= 0.3 is 5.97 Å². The number of aromatic nitrogens is 1. The molecule has 0 spiro atoms. The quantitative estimate of drug-likeness (QED) is 0.856. The number of aliphatic carboxylic acids is 1. The Kier molecular flexibility index (Phi) is 4.24. The molecule has 0 aliphatic carbocycles. The van der Waals surface area contributed by atoms with Gasteiger partial charge in [0, 0.05) is 10.4 Å². The molecule has 4 rings (SSSR count). The number of aryl methyl sites for hydroxylation is 1. The van der Waals surface area contributed by atoms with Gasteiger partial charge in [-0.15, -0.1) is 11.3 Å². The maximum Gasteiger partial charge on any atom is 0.310 e. The SMILES string of the molecule is Cc1sc(NC(=O)C2C3CCC(O3)C2C(=O)O)nc1-c1ccc(F)cc1. The molecule has 8 heteroatoms. The minimum atomic E-state index is -1.00. The van der Waals surface area contributed by atoms with E-state index in [2.05, 4.69) is 10.3 Å². The number of carbonyl (C=O) groups excluding carboxylic acids is 1. The molecule has 6 nitrogen and oxygen atoms in total. The topological polar surface area (TPSA) is 88.5 Å². The van der Waals surface area contributed by atoms with Gasteiger partial charge in [0.1, 0.15) is 5.82 Å². The van der Waals surface area contributed by atoms with Crippen LogP contribution in [0.4, 0.5) is 9.52 Å². The highest BCUT2D eigenvalue weighted by Crippen LogP contribution is 2.44. The third-order valence-electron chi connectivity index (χ3n) is 5.01. The summed E-state index contributed by atoms with van der Waals surface area (Å²) >= 11 is 1.31. The maximum absolute atomic E-state index is 13.1. The van der Waals surface area contributed by atoms with Crippen LogP contribution in [-0.2, 0) is 14.3 Å². The second-order valence-electron chi connectivity index (χ2n) is 6.60. The van der Waals surface area contributed by atoms with Gasteiger partial charge in [0.15, 0.2) is 5.13 Å². The molecule has 4 unspecified atom stereocenters. The summed E-state index contributed by atoms with van der Waals surface area (Å²) in [5.41, 5.74) is 1.43. The first-order valence-corrected chi connectivity index (χ1v) is 9.18. The van der Waals surface area contributed by atoms with Gasteiger partial charge in [-0.3, -0.25) is 9.59 Å². The predicted octanol–water partition coefficient (Wildman–Crippen LogP) is 3.07. The zero-order valence-corrected chi connectivity index (χ0v) is 14.8. The Labute approximate surface area is 153 Å². The number of anilines is 1. The summed E-state index contributed by atoms with van der Waals surface area (Å²) in [7, 11) is 0. The molecule has 2 saturated heterocycles. The molecule has 3 heterocycles. The van der Waals surface area contributed by atoms with E-state index in [0.29, 0.717) is 23.7 Å². The van der Waals surface area contributed by atoms with Crippen molar-refractivity contribution in [1.82, 2.24) is 4.98 Å². The summed E-state index contributed by atoms with van der Waals surface area (Å²) in [6, 6.07) is 5.98. The van der Waals surface area contributed by atoms with Crippen molar-refractivity contribution in [3.05, 3.63) is 35.0 Å². The molecule has 2 aliphatic heterocycles. The number of carboxylic acids is 1. The molecule has 26 heavy (non-hydrogen) atoms. The minimum Gasteiger partial charge on any atom is -0.481 e. The number of carboxylic acid groups (broad SMARTS) is 1. The number of hydrogen-bond donors (Lipinski definition) is 2. The number of thiazole rings is 1. The Morgan fingerprint density at radius 2 is 1.88 bits per heavy atom. The lowest BCUT2D eigenvalue weighted by Gasteiger charge is -2.23. The zero-order chi connectivity index (χ0) is 18.4. The summed E-state index contributed by atoms with van der Waals surface area (Å²) in [6.07, 6.45) is 0.639. The van der Waals surface area contributed by atoms with E-state index in [9.17, 15) is 19.1 Å². The van der Waals surface area contributed by atoms with Crippen LogP contribution in [-0.4, -0.2) is 34.2 Å². The summed E-state index contributed by atoms with van der Waals surface area (Å²) in [4.78, 5) is 29.5. The van der Waals surface area contributed by atoms with E-state index in [0.717, 1.165) is 10.4 Å². The number of amides is 1. The third kappa shape index (κ3) is 2.89. The summed E-state index contributed by atoms with van der Waals surface area (Å²) in [5, 5.41) is 12.6. The first-order chi connectivity index (χ1) is 12.4. The number of hydrogen-bond acceptors (Lipinski definition) is 5. The van der Waals surface area contributed by atoms with Gasteiger partial charge in [0.25, 0.3) is 0 Å². The fourth-order valence-corrected chi connectivity index (χ4v) is 4.68. The maximum atomic E-state index is 13.1. The average Bonchev–Trinajstić information content (AvgIpc) is 3.29. The predicted molar refractivity (Wildman–Crippen MR) is 93.4 cm³/mol. The van der Waals surface area contributed by atoms with Crippen LogP contribution in [0.2, 0.25) is 0 Å². The second kappa shape index (κ2) is 6.44. The fourth-order valence-electron chi connectivity index (χ4n) is 3.84. The van der Waals surface area contributed by atoms with E-state index < -0.39 is 17.8 Å². The molecule has 1 aromatic carbocycles. The van der Waals surface area contributed by atoms with Gasteiger partial charge in [-0.25, -0.2) is 9.37 Å². The summed E-state index contributed by atoms with van der Waals surface area (Å²) in [5.74, 6) is -3.22. The highest BCUT2D eigenvalue weighted by Gasteiger charge is 2.55. The number of nitrogens with zero attached hydrogens (tertiary/aromatic N) is 1. The number of rotatable bonds is 4. The number of fused-ring (bicyclic) bond motifs is 2. The first kappa shape index (κ1) is 17.1. The van der Waals surface area contributed by atoms with E-state index in [4.69, 9.17) is 4.74 Å². The summed E-state index contributed by atoms with van der Waals surface area (Å²) < 4.78 is 18.7. The van der Waals surface area contributed by atoms with Crippen LogP contribution in [0.25, 0.3) is 11.3 Å². The van der Waals surface area contributed by atoms with E-state index in [-0.39, 0.29) is 23.9 Å². The monoisotopic (exact) mass is 376 g/mol. The van der Waals surface area contributed by atoms with Crippen molar-refractivity contribution >= 4 is 28.3 Å². The molecule has 0 radical (unpaired) electrons. The Morgan fingerprint density at radius 1 is 1.23 bits per heavy atom. The van der Waals surface area contributed by atoms with Crippen molar-refractivity contribution in [2.24, 2.45) is 11.8 Å². The largest absolute Gasteiger partial charge is 0.481 e. The minimum absolute atomic E-state index is 0.328. The Hall–Kier alpha value is -2.32. The highest BCUT2D eigenvalue weighted by atomic mass is 32.1. The fraction of sp³-hybridized carbons (Fsp3) is 0.389. The van der Waals surface area contributed by atoms with Crippen molar-refractivity contribution in [3.63, 3.8) is 0 Å². The van der Waals surface area contributed by atoms with Crippen LogP contribution in [0, 0.1) is 24.6 Å². The first-order valence-electron chi connectivity index (χ1n) is 8.36. The molecule has 1 amide bonds. The highest BCUT2D eigenvalue weighted by molar-refractivity contribution is 7.16. The van der Waals surface area contributed by atoms with Crippen molar-refractivity contribution in [1.29, 1.82) is 0 Å². The number of benzene rings is 1. The second-order valence-corrected chi connectivity index (χ2v) is 7.80. The van der Waals surface area contributed by atoms with Crippen molar-refractivity contribution in [2.75, 3.05) is 5.32 Å². The van der Waals surface area contributed by atoms with Crippen molar-refractivity contribution < 1.29 is 23.8 Å². The molecule has 2 aromatic rings. The van der Waals surface area contributed by atoms with Crippen LogP contribution in [0.3, 0.4) is 0 Å². The van der Waals surface area contributed by atoms with Gasteiger partial charge < -0.3 is 15.2 Å². The van der Waals surface area contributed by atoms with Gasteiger partial charge in [-0.1, -0.05) is 0 Å². The van der Waals surface area contributed by atoms with Gasteiger partial charge in [-0.2, -0.15) is 0 Å². The van der Waals surface area contributed by atoms with Gasteiger partial charge in [0.2, 0.25) is 5.91 Å². The molecule has 2 bridgehead atoms. The number of carbonyl (C=O) groups is 2. The molecule has 2 N–H and O–H groups in total.